The number of anilines is 3. The van der Waals surface area contributed by atoms with Crippen LogP contribution in [0.2, 0.25) is 0 Å². The van der Waals surface area contributed by atoms with E-state index < -0.39 is 17.9 Å². The van der Waals surface area contributed by atoms with Gasteiger partial charge in [0.05, 0.1) is 0 Å². The minimum absolute atomic E-state index is 0.00995. The number of nitrogens with one attached hydrogen (secondary N) is 2. The average Bonchev–Trinajstić information content (AvgIpc) is 2.54. The van der Waals surface area contributed by atoms with Crippen LogP contribution < -0.4 is 10.6 Å². The second-order valence-corrected chi connectivity index (χ2v) is 4.82. The first-order valence-electron chi connectivity index (χ1n) is 6.80. The van der Waals surface area contributed by atoms with Crippen molar-refractivity contribution in [1.82, 2.24) is 0 Å². The van der Waals surface area contributed by atoms with Crippen LogP contribution in [0.1, 0.15) is 0 Å². The maximum Gasteiger partial charge on any atom is 0.458 e. The Balaban J connectivity index is 2.16. The minimum atomic E-state index is -5.49. The number of carbonyl (C=O) groups excluding carboxylic acids is 1. The molecule has 0 fully saturated rings. The Kier molecular flexibility index (Phi) is 5.08. The normalized spacial score (nSPS) is 13.9. The highest BCUT2D eigenvalue weighted by Gasteiger charge is 2.63. The first-order chi connectivity index (χ1) is 11.3. The third-order valence-electron chi connectivity index (χ3n) is 3.12. The van der Waals surface area contributed by atoms with Gasteiger partial charge in [-0.05, 0) is 30.3 Å². The summed E-state index contributed by atoms with van der Waals surface area (Å²) in [4.78, 5) is 11.6. The van der Waals surface area contributed by atoms with Gasteiger partial charge in [-0.15, -0.1) is 0 Å². The van der Waals surface area contributed by atoms with Crippen LogP contribution in [0.15, 0.2) is 54.6 Å². The van der Waals surface area contributed by atoms with E-state index in [0.29, 0.717) is 12.8 Å². The van der Waals surface area contributed by atoms with E-state index in [9.17, 15) is 22.4 Å². The van der Waals surface area contributed by atoms with Gasteiger partial charge in [0.2, 0.25) is 0 Å². The molecule has 8 heteroatoms. The van der Waals surface area contributed by atoms with Gasteiger partial charge >= 0.3 is 12.0 Å². The molecule has 128 valence electrons. The first-order valence-corrected chi connectivity index (χ1v) is 6.80. The number of benzene rings is 2. The fourth-order valence-corrected chi connectivity index (χ4v) is 1.91. The maximum absolute atomic E-state index is 13.8. The second-order valence-electron chi connectivity index (χ2n) is 4.82. The van der Waals surface area contributed by atoms with Gasteiger partial charge < -0.3 is 15.4 Å². The number of ether oxygens (including phenoxy) is 1. The quantitative estimate of drug-likeness (QED) is 0.799. The van der Waals surface area contributed by atoms with E-state index in [4.69, 9.17) is 0 Å². The Bertz CT molecular complexity index is 707. The highest BCUT2D eigenvalue weighted by atomic mass is 19.4. The molecule has 1 amide bonds. The number of para-hydroxylation sites is 1. The fourth-order valence-electron chi connectivity index (χ4n) is 1.91. The van der Waals surface area contributed by atoms with Crippen LogP contribution in [0.3, 0.4) is 0 Å². The van der Waals surface area contributed by atoms with E-state index in [-0.39, 0.29) is 5.69 Å². The lowest BCUT2D eigenvalue weighted by Gasteiger charge is -2.24. The van der Waals surface area contributed by atoms with Crippen LogP contribution >= 0.6 is 0 Å². The van der Waals surface area contributed by atoms with Crippen molar-refractivity contribution in [2.45, 2.75) is 12.0 Å². The summed E-state index contributed by atoms with van der Waals surface area (Å²) in [6.45, 7) is 0. The van der Waals surface area contributed by atoms with Crippen LogP contribution in [0.4, 0.5) is 34.6 Å². The van der Waals surface area contributed by atoms with Gasteiger partial charge in [-0.1, -0.05) is 24.3 Å². The SMILES string of the molecule is CO[C@](F)(C(=O)Nc1cccc(Nc2ccccc2)c1)C(F)(F)F. The van der Waals surface area contributed by atoms with Gasteiger partial charge in [-0.2, -0.15) is 17.6 Å². The first kappa shape index (κ1) is 17.7. The van der Waals surface area contributed by atoms with Gasteiger partial charge in [-0.25, -0.2) is 0 Å². The maximum atomic E-state index is 13.8. The van der Waals surface area contributed by atoms with Gasteiger partial charge in [0.25, 0.3) is 5.91 Å². The molecular weight excluding hydrogens is 328 g/mol. The molecule has 0 bridgehead atoms. The summed E-state index contributed by atoms with van der Waals surface area (Å²) in [5.41, 5.74) is 1.24. The Morgan fingerprint density at radius 3 is 2.08 bits per heavy atom. The molecule has 1 atom stereocenters. The number of hydrogen-bond acceptors (Lipinski definition) is 3. The van der Waals surface area contributed by atoms with Gasteiger partial charge in [-0.3, -0.25) is 4.79 Å². The molecule has 0 heterocycles. The lowest BCUT2D eigenvalue weighted by Crippen LogP contribution is -2.52. The Hall–Kier alpha value is -2.61. The van der Waals surface area contributed by atoms with Crippen LogP contribution in [-0.4, -0.2) is 25.0 Å². The van der Waals surface area contributed by atoms with Crippen LogP contribution in [0.5, 0.6) is 0 Å². The highest BCUT2D eigenvalue weighted by molar-refractivity contribution is 5.97. The standard InChI is InChI=1S/C16H14F4N2O2/c1-24-15(17,16(18,19)20)14(23)22-13-9-5-8-12(10-13)21-11-6-3-2-4-7-11/h2-10,21H,1H3,(H,22,23)/t15-/m1/s1. The monoisotopic (exact) mass is 342 g/mol. The molecule has 2 N–H and O–H groups in total. The summed E-state index contributed by atoms with van der Waals surface area (Å²) in [6, 6.07) is 14.8. The van der Waals surface area contributed by atoms with Crippen molar-refractivity contribution >= 4 is 23.0 Å². The lowest BCUT2D eigenvalue weighted by atomic mass is 10.2. The minimum Gasteiger partial charge on any atom is -0.355 e. The zero-order chi connectivity index (χ0) is 17.8. The molecule has 24 heavy (non-hydrogen) atoms. The van der Waals surface area contributed by atoms with Gasteiger partial charge in [0.1, 0.15) is 0 Å². The molecule has 0 aliphatic carbocycles. The number of rotatable bonds is 5. The smallest absolute Gasteiger partial charge is 0.355 e. The zero-order valence-corrected chi connectivity index (χ0v) is 12.5. The summed E-state index contributed by atoms with van der Waals surface area (Å²) in [7, 11) is 0.473. The summed E-state index contributed by atoms with van der Waals surface area (Å²) < 4.78 is 55.5. The summed E-state index contributed by atoms with van der Waals surface area (Å²) in [5, 5.41) is 4.87. The fraction of sp³-hybridized carbons (Fsp3) is 0.188. The van der Waals surface area contributed by atoms with E-state index in [0.717, 1.165) is 5.69 Å². The molecule has 4 nitrogen and oxygen atoms in total. The number of carbonyl (C=O) groups is 1. The van der Waals surface area contributed by atoms with Crippen LogP contribution in [0.25, 0.3) is 0 Å². The zero-order valence-electron chi connectivity index (χ0n) is 12.5. The molecule has 0 aliphatic rings. The molecule has 0 aromatic heterocycles. The molecule has 0 aliphatic heterocycles. The number of alkyl halides is 4. The Morgan fingerprint density at radius 1 is 0.917 bits per heavy atom. The molecular formula is C16H14F4N2O2. The third kappa shape index (κ3) is 3.83. The molecule has 0 radical (unpaired) electrons. The summed E-state index contributed by atoms with van der Waals surface area (Å²) in [6.07, 6.45) is -5.49. The van der Waals surface area contributed by atoms with Crippen molar-refractivity contribution in [3.05, 3.63) is 54.6 Å². The third-order valence-corrected chi connectivity index (χ3v) is 3.12. The molecule has 0 spiro atoms. The highest BCUT2D eigenvalue weighted by Crippen LogP contribution is 2.35. The summed E-state index contributed by atoms with van der Waals surface area (Å²) >= 11 is 0. The van der Waals surface area contributed by atoms with Gasteiger partial charge in [0, 0.05) is 24.2 Å². The molecule has 0 saturated carbocycles. The van der Waals surface area contributed by atoms with Crippen molar-refractivity contribution in [2.24, 2.45) is 0 Å². The van der Waals surface area contributed by atoms with Crippen molar-refractivity contribution in [3.8, 4) is 0 Å². The number of halogens is 4. The van der Waals surface area contributed by atoms with E-state index in [2.05, 4.69) is 10.1 Å². The predicted molar refractivity (Wildman–Crippen MR) is 81.7 cm³/mol. The van der Waals surface area contributed by atoms with E-state index in [1.165, 1.54) is 18.2 Å². The number of methoxy groups -OCH3 is 1. The van der Waals surface area contributed by atoms with E-state index >= 15 is 0 Å². The molecule has 0 unspecified atom stereocenters. The van der Waals surface area contributed by atoms with Crippen molar-refractivity contribution in [1.29, 1.82) is 0 Å². The molecule has 0 saturated heterocycles. The largest absolute Gasteiger partial charge is 0.458 e. The summed E-state index contributed by atoms with van der Waals surface area (Å²) in [5.74, 6) is -6.37. The molecule has 2 aromatic carbocycles. The Labute approximate surface area is 135 Å². The molecule has 2 aromatic rings. The van der Waals surface area contributed by atoms with E-state index in [1.807, 2.05) is 11.4 Å². The van der Waals surface area contributed by atoms with Crippen LogP contribution in [-0.2, 0) is 9.53 Å². The predicted octanol–water partition coefficient (Wildman–Crippen LogP) is 4.24. The topological polar surface area (TPSA) is 50.4 Å². The van der Waals surface area contributed by atoms with Gasteiger partial charge in [0.15, 0.2) is 0 Å². The lowest BCUT2D eigenvalue weighted by molar-refractivity contribution is -0.305. The van der Waals surface area contributed by atoms with Crippen molar-refractivity contribution in [3.63, 3.8) is 0 Å². The average molecular weight is 342 g/mol. The molecule has 2 rings (SSSR count). The van der Waals surface area contributed by atoms with Crippen molar-refractivity contribution in [2.75, 3.05) is 17.7 Å². The van der Waals surface area contributed by atoms with Crippen molar-refractivity contribution < 1.29 is 27.1 Å². The number of hydrogen-bond donors (Lipinski definition) is 2. The van der Waals surface area contributed by atoms with E-state index in [1.54, 1.807) is 30.3 Å². The Morgan fingerprint density at radius 2 is 1.50 bits per heavy atom. The van der Waals surface area contributed by atoms with Crippen LogP contribution in [0, 0.1) is 0 Å². The second kappa shape index (κ2) is 6.88. The number of amides is 1.